The normalized spacial score (nSPS) is 17.3. The lowest BCUT2D eigenvalue weighted by atomic mass is 10.00. The molecule has 5 rings (SSSR count). The Kier molecular flexibility index (Phi) is 5.16. The summed E-state index contributed by atoms with van der Waals surface area (Å²) in [6.07, 6.45) is 7.04. The van der Waals surface area contributed by atoms with Gasteiger partial charge in [-0.3, -0.25) is 9.78 Å². The minimum Gasteiger partial charge on any atom is -0.490 e. The number of aromatic nitrogens is 1. The summed E-state index contributed by atoms with van der Waals surface area (Å²) in [5.74, 6) is 1.80. The molecule has 1 aliphatic heterocycles. The molecule has 1 saturated carbocycles. The first-order chi connectivity index (χ1) is 14.7. The number of benzene rings is 2. The number of nitrogens with zero attached hydrogens (tertiary/aromatic N) is 2. The lowest BCUT2D eigenvalue weighted by Gasteiger charge is -2.32. The SMILES string of the molecule is CCC(=O)N1CCC(Oc2ccc(-c3ccc4c(C5CC5)nccc4c3)cc2)CC1. The largest absolute Gasteiger partial charge is 0.490 e. The van der Waals surface area contributed by atoms with Gasteiger partial charge in [-0.15, -0.1) is 0 Å². The molecule has 2 fully saturated rings. The zero-order valence-corrected chi connectivity index (χ0v) is 17.5. The standard InChI is InChI=1S/C26H28N2O2/c1-2-25(29)28-15-12-23(13-16-28)30-22-8-5-18(6-9-22)20-7-10-24-21(17-20)11-14-27-26(24)19-3-4-19/h5-11,14,17,19,23H,2-4,12-13,15-16H2,1H3. The number of hydrogen-bond donors (Lipinski definition) is 0. The van der Waals surface area contributed by atoms with E-state index in [-0.39, 0.29) is 12.0 Å². The van der Waals surface area contributed by atoms with E-state index < -0.39 is 0 Å². The molecule has 0 unspecified atom stereocenters. The van der Waals surface area contributed by atoms with Gasteiger partial charge in [0.1, 0.15) is 11.9 Å². The van der Waals surface area contributed by atoms with Gasteiger partial charge in [-0.1, -0.05) is 31.2 Å². The Morgan fingerprint density at radius 2 is 1.73 bits per heavy atom. The van der Waals surface area contributed by atoms with Crippen LogP contribution >= 0.6 is 0 Å². The summed E-state index contributed by atoms with van der Waals surface area (Å²) in [7, 11) is 0. The van der Waals surface area contributed by atoms with Gasteiger partial charge in [0.25, 0.3) is 0 Å². The van der Waals surface area contributed by atoms with Crippen molar-refractivity contribution in [2.24, 2.45) is 0 Å². The molecule has 4 heteroatoms. The predicted molar refractivity (Wildman–Crippen MR) is 120 cm³/mol. The van der Waals surface area contributed by atoms with Crippen molar-refractivity contribution in [1.82, 2.24) is 9.88 Å². The molecule has 3 aromatic rings. The van der Waals surface area contributed by atoms with Gasteiger partial charge in [0.15, 0.2) is 0 Å². The summed E-state index contributed by atoms with van der Waals surface area (Å²) in [6, 6.07) is 17.2. The van der Waals surface area contributed by atoms with Gasteiger partial charge in [0.2, 0.25) is 5.91 Å². The molecule has 2 aromatic carbocycles. The minimum atomic E-state index is 0.186. The smallest absolute Gasteiger partial charge is 0.222 e. The van der Waals surface area contributed by atoms with Gasteiger partial charge in [-0.2, -0.15) is 0 Å². The maximum atomic E-state index is 11.8. The van der Waals surface area contributed by atoms with Gasteiger partial charge in [0, 0.05) is 49.9 Å². The molecule has 1 aliphatic carbocycles. The van der Waals surface area contributed by atoms with E-state index in [4.69, 9.17) is 4.74 Å². The topological polar surface area (TPSA) is 42.4 Å². The highest BCUT2D eigenvalue weighted by atomic mass is 16.5. The van der Waals surface area contributed by atoms with Crippen LogP contribution in [-0.2, 0) is 4.79 Å². The fourth-order valence-electron chi connectivity index (χ4n) is 4.43. The van der Waals surface area contributed by atoms with E-state index in [1.54, 1.807) is 0 Å². The van der Waals surface area contributed by atoms with Crippen molar-refractivity contribution in [3.8, 4) is 16.9 Å². The molecule has 0 atom stereocenters. The Labute approximate surface area is 177 Å². The number of fused-ring (bicyclic) bond motifs is 1. The molecule has 1 saturated heterocycles. The average molecular weight is 401 g/mol. The van der Waals surface area contributed by atoms with Crippen LogP contribution in [0.4, 0.5) is 0 Å². The zero-order chi connectivity index (χ0) is 20.5. The van der Waals surface area contributed by atoms with Gasteiger partial charge in [0.05, 0.1) is 5.69 Å². The quantitative estimate of drug-likeness (QED) is 0.563. The molecule has 0 radical (unpaired) electrons. The van der Waals surface area contributed by atoms with Crippen LogP contribution in [0.1, 0.15) is 50.6 Å². The number of hydrogen-bond acceptors (Lipinski definition) is 3. The number of amides is 1. The molecule has 0 bridgehead atoms. The van der Waals surface area contributed by atoms with Crippen LogP contribution in [-0.4, -0.2) is 35.0 Å². The van der Waals surface area contributed by atoms with Crippen molar-refractivity contribution in [2.45, 2.75) is 51.0 Å². The molecule has 30 heavy (non-hydrogen) atoms. The van der Waals surface area contributed by atoms with Crippen molar-refractivity contribution in [2.75, 3.05) is 13.1 Å². The number of carbonyl (C=O) groups is 1. The van der Waals surface area contributed by atoms with E-state index in [2.05, 4.69) is 53.5 Å². The summed E-state index contributed by atoms with van der Waals surface area (Å²) in [6.45, 7) is 3.51. The van der Waals surface area contributed by atoms with E-state index in [9.17, 15) is 4.79 Å². The zero-order valence-electron chi connectivity index (χ0n) is 17.5. The Balaban J connectivity index is 1.27. The summed E-state index contributed by atoms with van der Waals surface area (Å²) < 4.78 is 6.18. The molecular formula is C26H28N2O2. The highest BCUT2D eigenvalue weighted by Gasteiger charge is 2.26. The number of ether oxygens (including phenoxy) is 1. The van der Waals surface area contributed by atoms with Gasteiger partial charge in [-0.05, 0) is 53.6 Å². The molecule has 1 aromatic heterocycles. The Morgan fingerprint density at radius 3 is 2.43 bits per heavy atom. The predicted octanol–water partition coefficient (Wildman–Crippen LogP) is 5.56. The molecular weight excluding hydrogens is 372 g/mol. The van der Waals surface area contributed by atoms with E-state index in [0.29, 0.717) is 12.3 Å². The van der Waals surface area contributed by atoms with Gasteiger partial charge < -0.3 is 9.64 Å². The molecule has 154 valence electrons. The van der Waals surface area contributed by atoms with Crippen LogP contribution in [0.2, 0.25) is 0 Å². The summed E-state index contributed by atoms with van der Waals surface area (Å²) in [5, 5.41) is 2.55. The van der Waals surface area contributed by atoms with Crippen molar-refractivity contribution in [3.05, 3.63) is 60.4 Å². The van der Waals surface area contributed by atoms with Crippen LogP contribution in [0.15, 0.2) is 54.7 Å². The van der Waals surface area contributed by atoms with Crippen molar-refractivity contribution in [1.29, 1.82) is 0 Å². The minimum absolute atomic E-state index is 0.186. The molecule has 4 nitrogen and oxygen atoms in total. The fourth-order valence-corrected chi connectivity index (χ4v) is 4.43. The van der Waals surface area contributed by atoms with Crippen LogP contribution in [0.5, 0.6) is 5.75 Å². The average Bonchev–Trinajstić information content (AvgIpc) is 3.64. The second kappa shape index (κ2) is 8.10. The fraction of sp³-hybridized carbons (Fsp3) is 0.385. The summed E-state index contributed by atoms with van der Waals surface area (Å²) >= 11 is 0. The monoisotopic (exact) mass is 400 g/mol. The lowest BCUT2D eigenvalue weighted by molar-refractivity contribution is -0.132. The van der Waals surface area contributed by atoms with Crippen LogP contribution < -0.4 is 4.74 Å². The highest BCUT2D eigenvalue weighted by Crippen LogP contribution is 2.42. The lowest BCUT2D eigenvalue weighted by Crippen LogP contribution is -2.41. The second-order valence-corrected chi connectivity index (χ2v) is 8.48. The number of piperidine rings is 1. The maximum Gasteiger partial charge on any atom is 0.222 e. The van der Waals surface area contributed by atoms with E-state index in [0.717, 1.165) is 31.7 Å². The Hall–Kier alpha value is -2.88. The third-order valence-corrected chi connectivity index (χ3v) is 6.35. The summed E-state index contributed by atoms with van der Waals surface area (Å²) in [4.78, 5) is 18.4. The van der Waals surface area contributed by atoms with E-state index in [1.165, 1.54) is 40.4 Å². The Bertz CT molecular complexity index is 1050. The van der Waals surface area contributed by atoms with Crippen molar-refractivity contribution < 1.29 is 9.53 Å². The van der Waals surface area contributed by atoms with Gasteiger partial charge >= 0.3 is 0 Å². The molecule has 2 aliphatic rings. The molecule has 1 amide bonds. The third kappa shape index (κ3) is 3.91. The number of carbonyl (C=O) groups excluding carboxylic acids is 1. The highest BCUT2D eigenvalue weighted by molar-refractivity contribution is 5.89. The summed E-state index contributed by atoms with van der Waals surface area (Å²) in [5.41, 5.74) is 3.67. The van der Waals surface area contributed by atoms with Crippen molar-refractivity contribution in [3.63, 3.8) is 0 Å². The first-order valence-electron chi connectivity index (χ1n) is 11.1. The van der Waals surface area contributed by atoms with Crippen LogP contribution in [0.3, 0.4) is 0 Å². The van der Waals surface area contributed by atoms with Crippen molar-refractivity contribution >= 4 is 16.7 Å². The molecule has 0 spiro atoms. The third-order valence-electron chi connectivity index (χ3n) is 6.35. The number of likely N-dealkylation sites (tertiary alicyclic amines) is 1. The molecule has 0 N–H and O–H groups in total. The molecule has 2 heterocycles. The maximum absolute atomic E-state index is 11.8. The number of pyridine rings is 1. The first-order valence-corrected chi connectivity index (χ1v) is 11.1. The second-order valence-electron chi connectivity index (χ2n) is 8.48. The van der Waals surface area contributed by atoms with E-state index in [1.807, 2.05) is 18.0 Å². The number of rotatable bonds is 5. The Morgan fingerprint density at radius 1 is 1.00 bits per heavy atom. The van der Waals surface area contributed by atoms with Gasteiger partial charge in [-0.25, -0.2) is 0 Å². The van der Waals surface area contributed by atoms with Crippen LogP contribution in [0, 0.1) is 0 Å². The van der Waals surface area contributed by atoms with Crippen LogP contribution in [0.25, 0.3) is 21.9 Å². The first kappa shape index (κ1) is 19.1. The van der Waals surface area contributed by atoms with E-state index >= 15 is 0 Å².